The summed E-state index contributed by atoms with van der Waals surface area (Å²) in [5.74, 6) is 0.460. The van der Waals surface area contributed by atoms with Gasteiger partial charge in [0.2, 0.25) is 5.91 Å². The largest absolute Gasteiger partial charge is 0.493 e. The molecule has 0 bridgehead atoms. The van der Waals surface area contributed by atoms with Gasteiger partial charge in [-0.05, 0) is 31.0 Å². The molecule has 1 N–H and O–H groups in total. The predicted octanol–water partition coefficient (Wildman–Crippen LogP) is 3.36. The molecule has 0 unspecified atom stereocenters. The normalized spacial score (nSPS) is 17.7. The fourth-order valence-corrected chi connectivity index (χ4v) is 5.17. The number of thiazole rings is 1. The van der Waals surface area contributed by atoms with Crippen molar-refractivity contribution in [3.8, 4) is 22.8 Å². The lowest BCUT2D eigenvalue weighted by molar-refractivity contribution is -0.136. The van der Waals surface area contributed by atoms with Crippen LogP contribution < -0.4 is 14.8 Å². The first kappa shape index (κ1) is 22.1. The Balaban J connectivity index is 1.44. The van der Waals surface area contributed by atoms with E-state index in [9.17, 15) is 14.4 Å². The van der Waals surface area contributed by atoms with Crippen LogP contribution in [-0.2, 0) is 9.59 Å². The average molecular weight is 459 g/mol. The minimum absolute atomic E-state index is 0.273. The number of hydrogen-bond acceptors (Lipinski definition) is 7. The number of carbonyl (C=O) groups is 3. The zero-order valence-electron chi connectivity index (χ0n) is 18.3. The number of methoxy groups -OCH3 is 2. The Kier molecular flexibility index (Phi) is 6.05. The first-order chi connectivity index (χ1) is 15.4. The van der Waals surface area contributed by atoms with E-state index in [0.29, 0.717) is 35.2 Å². The maximum Gasteiger partial charge on any atom is 0.327 e. The molecule has 1 saturated carbocycles. The zero-order valence-corrected chi connectivity index (χ0v) is 19.2. The van der Waals surface area contributed by atoms with Gasteiger partial charge in [0.25, 0.3) is 5.91 Å². The van der Waals surface area contributed by atoms with E-state index in [4.69, 9.17) is 9.47 Å². The minimum Gasteiger partial charge on any atom is -0.493 e. The topological polar surface area (TPSA) is 101 Å². The third-order valence-electron chi connectivity index (χ3n) is 6.22. The zero-order chi connectivity index (χ0) is 22.9. The summed E-state index contributed by atoms with van der Waals surface area (Å²) >= 11 is 1.26. The van der Waals surface area contributed by atoms with Gasteiger partial charge in [0.1, 0.15) is 12.1 Å². The average Bonchev–Trinajstić information content (AvgIpc) is 3.34. The van der Waals surface area contributed by atoms with Crippen LogP contribution in [0, 0.1) is 0 Å². The van der Waals surface area contributed by atoms with Gasteiger partial charge in [-0.3, -0.25) is 14.5 Å². The summed E-state index contributed by atoms with van der Waals surface area (Å²) in [6.45, 7) is -0.324. The van der Waals surface area contributed by atoms with E-state index >= 15 is 0 Å². The molecule has 1 saturated heterocycles. The number of likely N-dealkylation sites (N-methyl/N-ethyl adjacent to an activating group) is 1. The van der Waals surface area contributed by atoms with E-state index in [0.717, 1.165) is 29.7 Å². The summed E-state index contributed by atoms with van der Waals surface area (Å²) < 4.78 is 10.6. The van der Waals surface area contributed by atoms with Crippen LogP contribution in [0.1, 0.15) is 32.1 Å². The number of anilines is 1. The number of benzene rings is 1. The molecular weight excluding hydrogens is 432 g/mol. The predicted molar refractivity (Wildman–Crippen MR) is 120 cm³/mol. The Morgan fingerprint density at radius 1 is 1.16 bits per heavy atom. The number of nitrogens with one attached hydrogen (secondary N) is 1. The second-order valence-corrected chi connectivity index (χ2v) is 8.84. The quantitative estimate of drug-likeness (QED) is 0.666. The van der Waals surface area contributed by atoms with E-state index in [-0.39, 0.29) is 12.5 Å². The Morgan fingerprint density at radius 3 is 2.56 bits per heavy atom. The summed E-state index contributed by atoms with van der Waals surface area (Å²) in [5.41, 5.74) is 0.683. The number of ether oxygens (including phenoxy) is 2. The molecule has 10 heteroatoms. The minimum atomic E-state index is -0.794. The van der Waals surface area contributed by atoms with Crippen molar-refractivity contribution in [2.45, 2.75) is 37.6 Å². The van der Waals surface area contributed by atoms with Crippen LogP contribution in [0.2, 0.25) is 0 Å². The van der Waals surface area contributed by atoms with Crippen LogP contribution in [0.25, 0.3) is 11.3 Å². The Hall–Kier alpha value is -3.14. The molecule has 2 heterocycles. The van der Waals surface area contributed by atoms with Crippen LogP contribution in [0.3, 0.4) is 0 Å². The molecule has 32 heavy (non-hydrogen) atoms. The van der Waals surface area contributed by atoms with E-state index in [1.807, 2.05) is 11.4 Å². The van der Waals surface area contributed by atoms with Gasteiger partial charge in [-0.2, -0.15) is 0 Å². The van der Waals surface area contributed by atoms with Gasteiger partial charge in [0, 0.05) is 18.0 Å². The molecule has 1 aliphatic carbocycles. The molecule has 0 atom stereocenters. The fourth-order valence-electron chi connectivity index (χ4n) is 4.43. The Morgan fingerprint density at radius 2 is 1.88 bits per heavy atom. The number of imide groups is 1. The molecule has 1 spiro atoms. The summed E-state index contributed by atoms with van der Waals surface area (Å²) in [6.07, 6.45) is 4.16. The van der Waals surface area contributed by atoms with Crippen LogP contribution in [0.5, 0.6) is 11.5 Å². The third-order valence-corrected chi connectivity index (χ3v) is 6.97. The molecule has 1 aliphatic heterocycles. The van der Waals surface area contributed by atoms with Crippen molar-refractivity contribution >= 4 is 34.3 Å². The molecule has 2 aromatic rings. The van der Waals surface area contributed by atoms with Crippen molar-refractivity contribution in [2.75, 3.05) is 33.1 Å². The Labute approximate surface area is 190 Å². The number of hydrogen-bond donors (Lipinski definition) is 1. The third kappa shape index (κ3) is 3.79. The molecule has 4 amide bonds. The van der Waals surface area contributed by atoms with Gasteiger partial charge in [-0.25, -0.2) is 9.78 Å². The number of nitrogens with zero attached hydrogens (tertiary/aromatic N) is 3. The van der Waals surface area contributed by atoms with Crippen LogP contribution in [-0.4, -0.2) is 66.0 Å². The highest BCUT2D eigenvalue weighted by atomic mass is 32.1. The van der Waals surface area contributed by atoms with Crippen LogP contribution >= 0.6 is 11.3 Å². The molecule has 0 radical (unpaired) electrons. The molecule has 1 aromatic heterocycles. The smallest absolute Gasteiger partial charge is 0.327 e. The summed E-state index contributed by atoms with van der Waals surface area (Å²) in [4.78, 5) is 45.4. The van der Waals surface area contributed by atoms with Crippen LogP contribution in [0.4, 0.5) is 9.93 Å². The molecule has 9 nitrogen and oxygen atoms in total. The van der Waals surface area contributed by atoms with Crippen LogP contribution in [0.15, 0.2) is 23.6 Å². The van der Waals surface area contributed by atoms with Gasteiger partial charge in [0.15, 0.2) is 16.6 Å². The van der Waals surface area contributed by atoms with Gasteiger partial charge < -0.3 is 19.7 Å². The molecule has 2 aliphatic rings. The van der Waals surface area contributed by atoms with Gasteiger partial charge in [-0.1, -0.05) is 19.3 Å². The summed E-state index contributed by atoms with van der Waals surface area (Å²) in [5, 5.41) is 4.91. The first-order valence-corrected chi connectivity index (χ1v) is 11.3. The Bertz CT molecular complexity index is 1050. The maximum atomic E-state index is 13.0. The van der Waals surface area contributed by atoms with E-state index in [1.165, 1.54) is 16.2 Å². The second kappa shape index (κ2) is 8.78. The summed E-state index contributed by atoms with van der Waals surface area (Å²) in [6, 6.07) is 5.02. The summed E-state index contributed by atoms with van der Waals surface area (Å²) in [7, 11) is 4.78. The number of amides is 4. The standard InChI is InChI=1S/C22H26N4O5S/c1-25-21(29)26(19(28)22(25)9-5-4-6-10-22)12-18(27)24-20-23-15(13-32-20)14-7-8-16(30-2)17(11-14)31-3/h7-8,11,13H,4-6,9-10,12H2,1-3H3,(H,23,24,27). The highest BCUT2D eigenvalue weighted by Crippen LogP contribution is 2.39. The molecule has 1 aromatic carbocycles. The SMILES string of the molecule is COc1ccc(-c2csc(NC(=O)CN3C(=O)N(C)C4(CCCCC4)C3=O)n2)cc1OC. The number of urea groups is 1. The lowest BCUT2D eigenvalue weighted by atomic mass is 9.81. The number of rotatable bonds is 6. The lowest BCUT2D eigenvalue weighted by Crippen LogP contribution is -2.49. The molecular formula is C22H26N4O5S. The van der Waals surface area contributed by atoms with Gasteiger partial charge >= 0.3 is 6.03 Å². The highest BCUT2D eigenvalue weighted by Gasteiger charge is 2.55. The van der Waals surface area contributed by atoms with E-state index in [2.05, 4.69) is 10.3 Å². The number of aromatic nitrogens is 1. The van der Waals surface area contributed by atoms with Crippen molar-refractivity contribution in [1.29, 1.82) is 0 Å². The van der Waals surface area contributed by atoms with Gasteiger partial charge in [-0.15, -0.1) is 11.3 Å². The fraction of sp³-hybridized carbons (Fsp3) is 0.455. The van der Waals surface area contributed by atoms with Crippen molar-refractivity contribution in [3.05, 3.63) is 23.6 Å². The highest BCUT2D eigenvalue weighted by molar-refractivity contribution is 7.14. The second-order valence-electron chi connectivity index (χ2n) is 7.98. The molecule has 2 fully saturated rings. The van der Waals surface area contributed by atoms with Crippen molar-refractivity contribution in [3.63, 3.8) is 0 Å². The first-order valence-electron chi connectivity index (χ1n) is 10.5. The number of carbonyl (C=O) groups excluding carboxylic acids is 3. The molecule has 170 valence electrons. The van der Waals surface area contributed by atoms with E-state index < -0.39 is 17.5 Å². The maximum absolute atomic E-state index is 13.0. The van der Waals surface area contributed by atoms with E-state index in [1.54, 1.807) is 33.4 Å². The van der Waals surface area contributed by atoms with Crippen molar-refractivity contribution < 1.29 is 23.9 Å². The lowest BCUT2D eigenvalue weighted by Gasteiger charge is -2.35. The monoisotopic (exact) mass is 458 g/mol. The molecule has 4 rings (SSSR count). The van der Waals surface area contributed by atoms with Gasteiger partial charge in [0.05, 0.1) is 19.9 Å². The van der Waals surface area contributed by atoms with Crippen molar-refractivity contribution in [2.24, 2.45) is 0 Å². The van der Waals surface area contributed by atoms with Crippen molar-refractivity contribution in [1.82, 2.24) is 14.8 Å².